The van der Waals surface area contributed by atoms with Gasteiger partial charge < -0.3 is 10.2 Å². The van der Waals surface area contributed by atoms with Crippen molar-refractivity contribution in [1.82, 2.24) is 24.6 Å². The third-order valence-corrected chi connectivity index (χ3v) is 6.20. The van der Waals surface area contributed by atoms with E-state index in [1.807, 2.05) is 17.1 Å². The molecular formula is C20H26ClN7. The van der Waals surface area contributed by atoms with E-state index in [1.165, 1.54) is 0 Å². The van der Waals surface area contributed by atoms with E-state index in [9.17, 15) is 5.26 Å². The largest absolute Gasteiger partial charge is 0.350 e. The number of anilines is 1. The number of likely N-dealkylation sites (tertiary alicyclic amines) is 1. The van der Waals surface area contributed by atoms with Crippen LogP contribution in [0.4, 0.5) is 5.95 Å². The van der Waals surface area contributed by atoms with Crippen LogP contribution in [0.3, 0.4) is 0 Å². The van der Waals surface area contributed by atoms with Gasteiger partial charge in [-0.15, -0.1) is 0 Å². The average Bonchev–Trinajstić information content (AvgIpc) is 3.20. The minimum absolute atomic E-state index is 0.00339. The molecule has 2 atom stereocenters. The Morgan fingerprint density at radius 3 is 2.75 bits per heavy atom. The minimum atomic E-state index is 0.00339. The van der Waals surface area contributed by atoms with Crippen molar-refractivity contribution in [2.24, 2.45) is 5.92 Å². The maximum atomic E-state index is 9.39. The maximum Gasteiger partial charge on any atom is 0.223 e. The van der Waals surface area contributed by atoms with Gasteiger partial charge in [0.1, 0.15) is 0 Å². The van der Waals surface area contributed by atoms with Gasteiger partial charge >= 0.3 is 0 Å². The second-order valence-corrected chi connectivity index (χ2v) is 8.31. The fourth-order valence-electron chi connectivity index (χ4n) is 4.18. The van der Waals surface area contributed by atoms with E-state index < -0.39 is 0 Å². The molecule has 0 amide bonds. The Balaban J connectivity index is 1.52. The Bertz CT molecular complexity index is 850. The lowest BCUT2D eigenvalue weighted by molar-refractivity contribution is 0.212. The quantitative estimate of drug-likeness (QED) is 0.842. The van der Waals surface area contributed by atoms with Crippen molar-refractivity contribution in [1.29, 1.82) is 5.26 Å². The van der Waals surface area contributed by atoms with Gasteiger partial charge in [0.25, 0.3) is 0 Å². The number of hydrogen-bond acceptors (Lipinski definition) is 6. The highest BCUT2D eigenvalue weighted by Crippen LogP contribution is 2.30. The number of nitriles is 1. The molecule has 1 saturated heterocycles. The molecule has 8 heteroatoms. The smallest absolute Gasteiger partial charge is 0.223 e. The second-order valence-electron chi connectivity index (χ2n) is 7.90. The molecule has 148 valence electrons. The molecule has 0 aromatic carbocycles. The van der Waals surface area contributed by atoms with Crippen LogP contribution in [-0.2, 0) is 0 Å². The van der Waals surface area contributed by atoms with Crippen molar-refractivity contribution in [2.45, 2.75) is 50.6 Å². The first-order valence-corrected chi connectivity index (χ1v) is 10.4. The summed E-state index contributed by atoms with van der Waals surface area (Å²) >= 11 is 6.39. The monoisotopic (exact) mass is 399 g/mol. The third-order valence-electron chi connectivity index (χ3n) is 5.93. The number of piperidine rings is 1. The molecule has 1 aliphatic carbocycles. The van der Waals surface area contributed by atoms with Crippen molar-refractivity contribution < 1.29 is 0 Å². The van der Waals surface area contributed by atoms with Crippen LogP contribution in [0.1, 0.15) is 44.6 Å². The highest BCUT2D eigenvalue weighted by molar-refractivity contribution is 6.32. The van der Waals surface area contributed by atoms with Crippen molar-refractivity contribution in [3.8, 4) is 17.3 Å². The molecule has 7 nitrogen and oxygen atoms in total. The Morgan fingerprint density at radius 1 is 1.18 bits per heavy atom. The zero-order chi connectivity index (χ0) is 19.5. The van der Waals surface area contributed by atoms with Gasteiger partial charge in [0, 0.05) is 17.8 Å². The zero-order valence-electron chi connectivity index (χ0n) is 16.2. The van der Waals surface area contributed by atoms with Gasteiger partial charge in [-0.05, 0) is 45.8 Å². The Kier molecular flexibility index (Phi) is 5.79. The highest BCUT2D eigenvalue weighted by atomic mass is 35.5. The Labute approximate surface area is 170 Å². The van der Waals surface area contributed by atoms with Crippen LogP contribution in [0.2, 0.25) is 5.02 Å². The molecule has 2 unspecified atom stereocenters. The highest BCUT2D eigenvalue weighted by Gasteiger charge is 2.26. The summed E-state index contributed by atoms with van der Waals surface area (Å²) in [5.74, 6) is 0.530. The molecule has 0 radical (unpaired) electrons. The number of halogens is 1. The molecule has 1 saturated carbocycles. The van der Waals surface area contributed by atoms with E-state index in [1.54, 1.807) is 6.20 Å². The first kappa shape index (κ1) is 19.2. The summed E-state index contributed by atoms with van der Waals surface area (Å²) in [5, 5.41) is 17.8. The molecule has 1 N–H and O–H groups in total. The Hall–Kier alpha value is -2.17. The van der Waals surface area contributed by atoms with Crippen molar-refractivity contribution in [3.05, 3.63) is 23.6 Å². The number of nitrogens with one attached hydrogen (secondary N) is 1. The molecule has 2 fully saturated rings. The van der Waals surface area contributed by atoms with E-state index in [2.05, 4.69) is 38.4 Å². The molecule has 0 spiro atoms. The van der Waals surface area contributed by atoms with Crippen LogP contribution in [0.25, 0.3) is 11.3 Å². The minimum Gasteiger partial charge on any atom is -0.350 e. The van der Waals surface area contributed by atoms with Gasteiger partial charge in [-0.1, -0.05) is 24.4 Å². The lowest BCUT2D eigenvalue weighted by atomic mass is 9.85. The molecule has 2 aliphatic rings. The van der Waals surface area contributed by atoms with Crippen molar-refractivity contribution >= 4 is 17.5 Å². The number of rotatable bonds is 4. The molecule has 4 rings (SSSR count). The predicted octanol–water partition coefficient (Wildman–Crippen LogP) is 3.75. The molecule has 0 bridgehead atoms. The average molecular weight is 400 g/mol. The fraction of sp³-hybridized carbons (Fsp3) is 0.600. The number of aromatic nitrogens is 4. The molecule has 1 aliphatic heterocycles. The maximum absolute atomic E-state index is 9.39. The fourth-order valence-corrected chi connectivity index (χ4v) is 4.38. The van der Waals surface area contributed by atoms with Crippen LogP contribution in [0.15, 0.2) is 18.6 Å². The summed E-state index contributed by atoms with van der Waals surface area (Å²) in [6.45, 7) is 2.17. The van der Waals surface area contributed by atoms with Crippen LogP contribution in [-0.4, -0.2) is 50.8 Å². The van der Waals surface area contributed by atoms with Gasteiger partial charge in [0.2, 0.25) is 5.95 Å². The normalized spacial score (nSPS) is 24.0. The SMILES string of the molecule is CN1CCC(n2cc(-c3nc(NC4CCCCC4C#N)ncc3Cl)cn2)CC1. The summed E-state index contributed by atoms with van der Waals surface area (Å²) in [5.41, 5.74) is 1.58. The molecular weight excluding hydrogens is 374 g/mol. The van der Waals surface area contributed by atoms with Crippen LogP contribution in [0.5, 0.6) is 0 Å². The standard InChI is InChI=1S/C20H26ClN7/c1-27-8-6-16(7-9-27)28-13-15(11-24-28)19-17(21)12-23-20(26-19)25-18-5-3-2-4-14(18)10-22/h11-14,16,18H,2-9H2,1H3,(H,23,25,26). The van der Waals surface area contributed by atoms with Gasteiger partial charge in [-0.25, -0.2) is 9.97 Å². The molecule has 3 heterocycles. The van der Waals surface area contributed by atoms with E-state index in [0.717, 1.165) is 57.2 Å². The second kappa shape index (κ2) is 8.46. The van der Waals surface area contributed by atoms with Crippen LogP contribution < -0.4 is 5.32 Å². The summed E-state index contributed by atoms with van der Waals surface area (Å²) in [6.07, 6.45) is 11.8. The van der Waals surface area contributed by atoms with Gasteiger partial charge in [0.15, 0.2) is 0 Å². The summed E-state index contributed by atoms with van der Waals surface area (Å²) in [6, 6.07) is 2.92. The van der Waals surface area contributed by atoms with E-state index in [0.29, 0.717) is 22.7 Å². The predicted molar refractivity (Wildman–Crippen MR) is 109 cm³/mol. The lowest BCUT2D eigenvalue weighted by Gasteiger charge is -2.29. The molecule has 28 heavy (non-hydrogen) atoms. The third kappa shape index (κ3) is 4.13. The molecule has 2 aromatic heterocycles. The van der Waals surface area contributed by atoms with Crippen molar-refractivity contribution in [2.75, 3.05) is 25.5 Å². The Morgan fingerprint density at radius 2 is 1.96 bits per heavy atom. The summed E-state index contributed by atoms with van der Waals surface area (Å²) in [7, 11) is 2.16. The summed E-state index contributed by atoms with van der Waals surface area (Å²) < 4.78 is 2.04. The number of nitrogens with zero attached hydrogens (tertiary/aromatic N) is 6. The van der Waals surface area contributed by atoms with Gasteiger partial charge in [-0.3, -0.25) is 4.68 Å². The van der Waals surface area contributed by atoms with Crippen molar-refractivity contribution in [3.63, 3.8) is 0 Å². The first-order valence-electron chi connectivity index (χ1n) is 10.1. The first-order chi connectivity index (χ1) is 13.6. The lowest BCUT2D eigenvalue weighted by Crippen LogP contribution is -2.32. The summed E-state index contributed by atoms with van der Waals surface area (Å²) in [4.78, 5) is 11.3. The topological polar surface area (TPSA) is 82.7 Å². The van der Waals surface area contributed by atoms with Gasteiger partial charge in [0.05, 0.1) is 41.1 Å². The van der Waals surface area contributed by atoms with E-state index in [4.69, 9.17) is 11.6 Å². The van der Waals surface area contributed by atoms with Crippen LogP contribution >= 0.6 is 11.6 Å². The van der Waals surface area contributed by atoms with Gasteiger partial charge in [-0.2, -0.15) is 10.4 Å². The number of hydrogen-bond donors (Lipinski definition) is 1. The van der Waals surface area contributed by atoms with E-state index >= 15 is 0 Å². The van der Waals surface area contributed by atoms with Crippen LogP contribution in [0, 0.1) is 17.2 Å². The van der Waals surface area contributed by atoms with E-state index in [-0.39, 0.29) is 12.0 Å². The zero-order valence-corrected chi connectivity index (χ0v) is 16.9. The molecule has 2 aromatic rings.